The Bertz CT molecular complexity index is 900. The standard InChI is InChI=1S/C23H26N2O3S/c1-16(2)17-9-11-18(12-10-17)22(20-7-5-15-29-20)25-21(26)8-3-13-24-23(27)19-6-4-14-28-19/h4-7,9-12,14-16,22H,3,8,13H2,1-2H3,(H,24,27)(H,25,26). The van der Waals surface area contributed by atoms with E-state index in [1.54, 1.807) is 23.5 Å². The topological polar surface area (TPSA) is 71.3 Å². The van der Waals surface area contributed by atoms with E-state index in [0.29, 0.717) is 25.3 Å². The van der Waals surface area contributed by atoms with Crippen LogP contribution in [0.15, 0.2) is 64.6 Å². The van der Waals surface area contributed by atoms with Gasteiger partial charge in [0.1, 0.15) is 0 Å². The molecule has 1 unspecified atom stereocenters. The molecule has 0 spiro atoms. The second kappa shape index (κ2) is 10.1. The molecule has 0 radical (unpaired) electrons. The third-order valence-corrected chi connectivity index (χ3v) is 5.62. The van der Waals surface area contributed by atoms with Crippen molar-refractivity contribution in [1.29, 1.82) is 0 Å². The Morgan fingerprint density at radius 3 is 2.41 bits per heavy atom. The zero-order valence-corrected chi connectivity index (χ0v) is 17.5. The van der Waals surface area contributed by atoms with E-state index in [9.17, 15) is 9.59 Å². The van der Waals surface area contributed by atoms with Crippen molar-refractivity contribution in [2.75, 3.05) is 6.54 Å². The fourth-order valence-electron chi connectivity index (χ4n) is 3.03. The maximum absolute atomic E-state index is 12.5. The van der Waals surface area contributed by atoms with E-state index in [2.05, 4.69) is 48.7 Å². The van der Waals surface area contributed by atoms with Crippen LogP contribution >= 0.6 is 11.3 Å². The highest BCUT2D eigenvalue weighted by Gasteiger charge is 2.18. The van der Waals surface area contributed by atoms with E-state index in [1.807, 2.05) is 17.5 Å². The van der Waals surface area contributed by atoms with Crippen molar-refractivity contribution in [3.05, 3.63) is 81.9 Å². The highest BCUT2D eigenvalue weighted by Crippen LogP contribution is 2.27. The molecule has 0 aliphatic carbocycles. The Hall–Kier alpha value is -2.86. The quantitative estimate of drug-likeness (QED) is 0.494. The number of hydrogen-bond acceptors (Lipinski definition) is 4. The molecule has 3 rings (SSSR count). The minimum atomic E-state index is -0.267. The van der Waals surface area contributed by atoms with Crippen molar-refractivity contribution in [2.24, 2.45) is 0 Å². The van der Waals surface area contributed by atoms with Crippen molar-refractivity contribution >= 4 is 23.2 Å². The molecule has 3 aromatic rings. The van der Waals surface area contributed by atoms with E-state index in [0.717, 1.165) is 10.4 Å². The fourth-order valence-corrected chi connectivity index (χ4v) is 3.83. The van der Waals surface area contributed by atoms with Gasteiger partial charge in [-0.25, -0.2) is 0 Å². The van der Waals surface area contributed by atoms with Gasteiger partial charge in [0.25, 0.3) is 5.91 Å². The van der Waals surface area contributed by atoms with Gasteiger partial charge in [-0.3, -0.25) is 9.59 Å². The summed E-state index contributed by atoms with van der Waals surface area (Å²) in [6.07, 6.45) is 2.35. The zero-order chi connectivity index (χ0) is 20.6. The van der Waals surface area contributed by atoms with Crippen LogP contribution in [0.4, 0.5) is 0 Å². The van der Waals surface area contributed by atoms with Gasteiger partial charge in [-0.1, -0.05) is 44.2 Å². The van der Waals surface area contributed by atoms with Crippen LogP contribution in [0, 0.1) is 0 Å². The van der Waals surface area contributed by atoms with Crippen molar-refractivity contribution in [2.45, 2.75) is 38.6 Å². The number of benzene rings is 1. The van der Waals surface area contributed by atoms with Gasteiger partial charge in [0.05, 0.1) is 12.3 Å². The van der Waals surface area contributed by atoms with Crippen molar-refractivity contribution in [1.82, 2.24) is 10.6 Å². The van der Waals surface area contributed by atoms with E-state index < -0.39 is 0 Å². The highest BCUT2D eigenvalue weighted by molar-refractivity contribution is 7.10. The molecule has 0 aliphatic heterocycles. The molecule has 1 aromatic carbocycles. The fraction of sp³-hybridized carbons (Fsp3) is 0.304. The Labute approximate surface area is 175 Å². The van der Waals surface area contributed by atoms with Gasteiger partial charge in [0, 0.05) is 17.8 Å². The molecule has 0 fully saturated rings. The second-order valence-electron chi connectivity index (χ2n) is 7.17. The molecule has 152 valence electrons. The van der Waals surface area contributed by atoms with Crippen molar-refractivity contribution < 1.29 is 14.0 Å². The van der Waals surface area contributed by atoms with Gasteiger partial charge in [0.15, 0.2) is 5.76 Å². The second-order valence-corrected chi connectivity index (χ2v) is 8.15. The van der Waals surface area contributed by atoms with Crippen LogP contribution in [0.5, 0.6) is 0 Å². The van der Waals surface area contributed by atoms with Crippen LogP contribution in [0.1, 0.15) is 65.2 Å². The minimum Gasteiger partial charge on any atom is -0.459 e. The summed E-state index contributed by atoms with van der Waals surface area (Å²) in [7, 11) is 0. The predicted octanol–water partition coefficient (Wildman–Crippen LogP) is 4.88. The number of hydrogen-bond donors (Lipinski definition) is 2. The number of amides is 2. The summed E-state index contributed by atoms with van der Waals surface area (Å²) in [6, 6.07) is 15.6. The molecular formula is C23H26N2O3S. The molecule has 1 atom stereocenters. The normalized spacial score (nSPS) is 12.0. The molecule has 29 heavy (non-hydrogen) atoms. The van der Waals surface area contributed by atoms with Crippen LogP contribution in [0.3, 0.4) is 0 Å². The third-order valence-electron chi connectivity index (χ3n) is 4.68. The summed E-state index contributed by atoms with van der Waals surface area (Å²) in [5, 5.41) is 7.91. The first-order valence-electron chi connectivity index (χ1n) is 9.79. The number of thiophene rings is 1. The first-order valence-corrected chi connectivity index (χ1v) is 10.7. The van der Waals surface area contributed by atoms with Gasteiger partial charge >= 0.3 is 0 Å². The zero-order valence-electron chi connectivity index (χ0n) is 16.7. The maximum Gasteiger partial charge on any atom is 0.286 e. The lowest BCUT2D eigenvalue weighted by atomic mass is 9.98. The van der Waals surface area contributed by atoms with E-state index in [1.165, 1.54) is 11.8 Å². The molecule has 0 saturated heterocycles. The summed E-state index contributed by atoms with van der Waals surface area (Å²) < 4.78 is 5.05. The summed E-state index contributed by atoms with van der Waals surface area (Å²) in [6.45, 7) is 4.75. The largest absolute Gasteiger partial charge is 0.459 e. The van der Waals surface area contributed by atoms with Gasteiger partial charge in [-0.05, 0) is 47.0 Å². The number of nitrogens with one attached hydrogen (secondary N) is 2. The molecule has 6 heteroatoms. The number of furan rings is 1. The lowest BCUT2D eigenvalue weighted by Crippen LogP contribution is -2.30. The smallest absolute Gasteiger partial charge is 0.286 e. The lowest BCUT2D eigenvalue weighted by molar-refractivity contribution is -0.121. The van der Waals surface area contributed by atoms with E-state index in [-0.39, 0.29) is 23.6 Å². The minimum absolute atomic E-state index is 0.0383. The molecule has 5 nitrogen and oxygen atoms in total. The van der Waals surface area contributed by atoms with Gasteiger partial charge < -0.3 is 15.1 Å². The maximum atomic E-state index is 12.5. The van der Waals surface area contributed by atoms with Crippen LogP contribution in [0.2, 0.25) is 0 Å². The third kappa shape index (κ3) is 5.81. The number of rotatable bonds is 9. The van der Waals surface area contributed by atoms with E-state index >= 15 is 0 Å². The Morgan fingerprint density at radius 2 is 1.79 bits per heavy atom. The summed E-state index contributed by atoms with van der Waals surface area (Å²) in [4.78, 5) is 25.5. The van der Waals surface area contributed by atoms with Gasteiger partial charge in [-0.15, -0.1) is 11.3 Å². The average molecular weight is 411 g/mol. The summed E-state index contributed by atoms with van der Waals surface area (Å²) >= 11 is 1.63. The lowest BCUT2D eigenvalue weighted by Gasteiger charge is -2.19. The van der Waals surface area contributed by atoms with Crippen LogP contribution in [-0.2, 0) is 4.79 Å². The molecule has 0 saturated carbocycles. The van der Waals surface area contributed by atoms with Gasteiger partial charge in [0.2, 0.25) is 5.91 Å². The average Bonchev–Trinajstić information content (AvgIpc) is 3.43. The Kier molecular flexibility index (Phi) is 7.25. The number of carbonyl (C=O) groups is 2. The van der Waals surface area contributed by atoms with Crippen LogP contribution in [-0.4, -0.2) is 18.4 Å². The van der Waals surface area contributed by atoms with Crippen molar-refractivity contribution in [3.63, 3.8) is 0 Å². The molecule has 2 heterocycles. The Morgan fingerprint density at radius 1 is 1.03 bits per heavy atom. The van der Waals surface area contributed by atoms with Crippen LogP contribution < -0.4 is 10.6 Å². The molecule has 0 bridgehead atoms. The monoisotopic (exact) mass is 410 g/mol. The Balaban J connectivity index is 1.55. The van der Waals surface area contributed by atoms with Gasteiger partial charge in [-0.2, -0.15) is 0 Å². The first kappa shape index (κ1) is 20.9. The SMILES string of the molecule is CC(C)c1ccc(C(NC(=O)CCCNC(=O)c2ccco2)c2cccs2)cc1. The summed E-state index contributed by atoms with van der Waals surface area (Å²) in [5.74, 6) is 0.438. The molecule has 2 N–H and O–H groups in total. The molecule has 2 aromatic heterocycles. The van der Waals surface area contributed by atoms with E-state index in [4.69, 9.17) is 4.42 Å². The van der Waals surface area contributed by atoms with Crippen molar-refractivity contribution in [3.8, 4) is 0 Å². The van der Waals surface area contributed by atoms with Crippen LogP contribution in [0.25, 0.3) is 0 Å². The molecule has 2 amide bonds. The number of carbonyl (C=O) groups excluding carboxylic acids is 2. The highest BCUT2D eigenvalue weighted by atomic mass is 32.1. The molecular weight excluding hydrogens is 384 g/mol. The molecule has 0 aliphatic rings. The predicted molar refractivity (Wildman–Crippen MR) is 115 cm³/mol. The summed E-state index contributed by atoms with van der Waals surface area (Å²) in [5.41, 5.74) is 2.34. The first-order chi connectivity index (χ1) is 14.0.